The average Bonchev–Trinajstić information content (AvgIpc) is 2.66. The van der Waals surface area contributed by atoms with E-state index in [0.717, 1.165) is 22.3 Å². The van der Waals surface area contributed by atoms with Gasteiger partial charge in [0, 0.05) is 11.8 Å². The van der Waals surface area contributed by atoms with Crippen LogP contribution in [0.1, 0.15) is 41.0 Å². The summed E-state index contributed by atoms with van der Waals surface area (Å²) in [5, 5.41) is 0. The largest absolute Gasteiger partial charge is 0.469 e. The number of esters is 2. The first-order valence-electron chi connectivity index (χ1n) is 8.39. The first kappa shape index (κ1) is 15.9. The van der Waals surface area contributed by atoms with Gasteiger partial charge in [-0.1, -0.05) is 48.5 Å². The van der Waals surface area contributed by atoms with Gasteiger partial charge in [-0.3, -0.25) is 9.59 Å². The number of rotatable bonds is 2. The standard InChI is InChI=1S/C21H20O4/c1-21(20(23)25-3)17-14-10-6-4-8-12(14)16(18(21)19(22)24-2)13-9-5-7-11-15(13)17/h4-11,16-18H,1-3H3/t16?,17?,18-,21-/m0/s1. The quantitative estimate of drug-likeness (QED) is 0.790. The molecule has 0 unspecified atom stereocenters. The topological polar surface area (TPSA) is 52.6 Å². The fraction of sp³-hybridized carbons (Fsp3) is 0.333. The molecule has 0 aliphatic heterocycles. The van der Waals surface area contributed by atoms with Crippen molar-refractivity contribution in [1.82, 2.24) is 0 Å². The molecule has 128 valence electrons. The van der Waals surface area contributed by atoms with Crippen molar-refractivity contribution in [2.75, 3.05) is 14.2 Å². The third-order valence-corrected chi connectivity index (χ3v) is 5.94. The van der Waals surface area contributed by atoms with Crippen LogP contribution in [-0.4, -0.2) is 26.2 Å². The normalized spacial score (nSPS) is 28.7. The SMILES string of the molecule is COC(=O)[C@@H]1C2c3ccccc3C(c3ccccc32)[C@]1(C)C(=O)OC. The molecule has 0 saturated carbocycles. The summed E-state index contributed by atoms with van der Waals surface area (Å²) in [7, 11) is 2.75. The van der Waals surface area contributed by atoms with Gasteiger partial charge in [0.15, 0.2) is 0 Å². The van der Waals surface area contributed by atoms with Gasteiger partial charge in [-0.05, 0) is 29.2 Å². The minimum atomic E-state index is -1.00. The highest BCUT2D eigenvalue weighted by molar-refractivity contribution is 5.90. The van der Waals surface area contributed by atoms with Crippen LogP contribution in [0.15, 0.2) is 48.5 Å². The molecule has 2 atom stereocenters. The number of fused-ring (bicyclic) bond motifs is 1. The number of ether oxygens (including phenoxy) is 2. The van der Waals surface area contributed by atoms with Crippen molar-refractivity contribution in [2.24, 2.45) is 11.3 Å². The number of carbonyl (C=O) groups excluding carboxylic acids is 2. The summed E-state index contributed by atoms with van der Waals surface area (Å²) in [6, 6.07) is 16.1. The van der Waals surface area contributed by atoms with Gasteiger partial charge in [0.25, 0.3) is 0 Å². The van der Waals surface area contributed by atoms with Gasteiger partial charge >= 0.3 is 11.9 Å². The van der Waals surface area contributed by atoms with Crippen LogP contribution in [0.3, 0.4) is 0 Å². The van der Waals surface area contributed by atoms with E-state index in [4.69, 9.17) is 9.47 Å². The Kier molecular flexibility index (Phi) is 3.46. The van der Waals surface area contributed by atoms with Crippen LogP contribution in [0.2, 0.25) is 0 Å². The van der Waals surface area contributed by atoms with Gasteiger partial charge in [0.1, 0.15) is 0 Å². The van der Waals surface area contributed by atoms with E-state index in [1.54, 1.807) is 0 Å². The third-order valence-electron chi connectivity index (χ3n) is 5.94. The van der Waals surface area contributed by atoms with Gasteiger partial charge in [-0.25, -0.2) is 0 Å². The van der Waals surface area contributed by atoms with Gasteiger partial charge in [0.05, 0.1) is 25.6 Å². The van der Waals surface area contributed by atoms with E-state index in [1.165, 1.54) is 14.2 Å². The molecule has 0 N–H and O–H groups in total. The Balaban J connectivity index is 2.08. The molecule has 0 fully saturated rings. The smallest absolute Gasteiger partial charge is 0.313 e. The lowest BCUT2D eigenvalue weighted by atomic mass is 9.47. The second-order valence-corrected chi connectivity index (χ2v) is 6.94. The number of carbonyl (C=O) groups is 2. The highest BCUT2D eigenvalue weighted by atomic mass is 16.5. The Morgan fingerprint density at radius 3 is 1.76 bits per heavy atom. The van der Waals surface area contributed by atoms with Gasteiger partial charge in [-0.15, -0.1) is 0 Å². The molecule has 0 heterocycles. The summed E-state index contributed by atoms with van der Waals surface area (Å²) in [5.74, 6) is -1.80. The van der Waals surface area contributed by atoms with Crippen LogP contribution < -0.4 is 0 Å². The number of benzene rings is 2. The summed E-state index contributed by atoms with van der Waals surface area (Å²) >= 11 is 0. The molecule has 3 aliphatic rings. The minimum absolute atomic E-state index is 0.214. The fourth-order valence-electron chi connectivity index (χ4n) is 4.95. The number of methoxy groups -OCH3 is 2. The molecule has 0 saturated heterocycles. The maximum absolute atomic E-state index is 12.9. The van der Waals surface area contributed by atoms with Crippen LogP contribution >= 0.6 is 0 Å². The van der Waals surface area contributed by atoms with E-state index in [9.17, 15) is 9.59 Å². The van der Waals surface area contributed by atoms with Gasteiger partial charge < -0.3 is 9.47 Å². The Morgan fingerprint density at radius 1 is 0.840 bits per heavy atom. The van der Waals surface area contributed by atoms with Crippen molar-refractivity contribution < 1.29 is 19.1 Å². The van der Waals surface area contributed by atoms with Crippen LogP contribution in [0, 0.1) is 11.3 Å². The summed E-state index contributed by atoms with van der Waals surface area (Å²) < 4.78 is 10.3. The minimum Gasteiger partial charge on any atom is -0.469 e. The summed E-state index contributed by atoms with van der Waals surface area (Å²) in [6.07, 6.45) is 0. The summed E-state index contributed by atoms with van der Waals surface area (Å²) in [6.45, 7) is 1.84. The van der Waals surface area contributed by atoms with E-state index < -0.39 is 11.3 Å². The second kappa shape index (κ2) is 5.45. The van der Waals surface area contributed by atoms with Crippen molar-refractivity contribution in [3.05, 3.63) is 70.8 Å². The molecule has 0 aromatic heterocycles. The summed E-state index contributed by atoms with van der Waals surface area (Å²) in [5.41, 5.74) is 3.39. The molecule has 25 heavy (non-hydrogen) atoms. The first-order chi connectivity index (χ1) is 12.1. The molecular weight excluding hydrogens is 316 g/mol. The molecule has 2 bridgehead atoms. The lowest BCUT2D eigenvalue weighted by Crippen LogP contribution is -2.55. The Hall–Kier alpha value is -2.62. The predicted molar refractivity (Wildman–Crippen MR) is 92.2 cm³/mol. The molecule has 0 spiro atoms. The Labute approximate surface area is 146 Å². The molecule has 2 aromatic carbocycles. The number of hydrogen-bond donors (Lipinski definition) is 0. The first-order valence-corrected chi connectivity index (χ1v) is 8.39. The van der Waals surface area contributed by atoms with Crippen LogP contribution in [-0.2, 0) is 19.1 Å². The van der Waals surface area contributed by atoms with Crippen LogP contribution in [0.25, 0.3) is 0 Å². The van der Waals surface area contributed by atoms with Crippen molar-refractivity contribution in [3.63, 3.8) is 0 Å². The fourth-order valence-corrected chi connectivity index (χ4v) is 4.95. The zero-order valence-corrected chi connectivity index (χ0v) is 14.5. The average molecular weight is 336 g/mol. The maximum Gasteiger partial charge on any atom is 0.313 e. The highest BCUT2D eigenvalue weighted by Gasteiger charge is 2.63. The summed E-state index contributed by atoms with van der Waals surface area (Å²) in [4.78, 5) is 25.7. The van der Waals surface area contributed by atoms with Crippen molar-refractivity contribution in [1.29, 1.82) is 0 Å². The monoisotopic (exact) mass is 336 g/mol. The molecule has 4 nitrogen and oxygen atoms in total. The van der Waals surface area contributed by atoms with Crippen LogP contribution in [0.5, 0.6) is 0 Å². The van der Waals surface area contributed by atoms with Crippen molar-refractivity contribution >= 4 is 11.9 Å². The van der Waals surface area contributed by atoms with Crippen molar-refractivity contribution in [2.45, 2.75) is 18.8 Å². The molecule has 4 heteroatoms. The zero-order valence-electron chi connectivity index (χ0n) is 14.5. The Morgan fingerprint density at radius 2 is 1.32 bits per heavy atom. The highest BCUT2D eigenvalue weighted by Crippen LogP contribution is 2.64. The van der Waals surface area contributed by atoms with Gasteiger partial charge in [0.2, 0.25) is 0 Å². The van der Waals surface area contributed by atoms with Crippen molar-refractivity contribution in [3.8, 4) is 0 Å². The van der Waals surface area contributed by atoms with E-state index in [-0.39, 0.29) is 23.8 Å². The van der Waals surface area contributed by atoms with E-state index in [1.807, 2.05) is 31.2 Å². The lowest BCUT2D eigenvalue weighted by molar-refractivity contribution is -0.169. The number of hydrogen-bond acceptors (Lipinski definition) is 4. The van der Waals surface area contributed by atoms with Gasteiger partial charge in [-0.2, -0.15) is 0 Å². The van der Waals surface area contributed by atoms with E-state index in [0.29, 0.717) is 0 Å². The molecular formula is C21H20O4. The molecule has 0 amide bonds. The molecule has 0 radical (unpaired) electrons. The lowest BCUT2D eigenvalue weighted by Gasteiger charge is -2.53. The molecule has 3 aliphatic carbocycles. The zero-order chi connectivity index (χ0) is 17.8. The molecule has 2 aromatic rings. The van der Waals surface area contributed by atoms with E-state index >= 15 is 0 Å². The Bertz CT molecular complexity index is 824. The molecule has 5 rings (SSSR count). The second-order valence-electron chi connectivity index (χ2n) is 6.94. The maximum atomic E-state index is 12.9. The van der Waals surface area contributed by atoms with Crippen LogP contribution in [0.4, 0.5) is 0 Å². The predicted octanol–water partition coefficient (Wildman–Crippen LogP) is 3.25. The third kappa shape index (κ3) is 1.88. The van der Waals surface area contributed by atoms with E-state index in [2.05, 4.69) is 24.3 Å².